The average molecular weight is 1060 g/mol. The molecule has 0 aromatic heterocycles. The summed E-state index contributed by atoms with van der Waals surface area (Å²) in [5, 5.41) is 0. The van der Waals surface area contributed by atoms with Gasteiger partial charge in [0, 0.05) is 0 Å². The van der Waals surface area contributed by atoms with Gasteiger partial charge in [-0.2, -0.15) is 0 Å². The Bertz CT molecular complexity index is 815. The van der Waals surface area contributed by atoms with Crippen LogP contribution in [-0.2, 0) is 11.4 Å². The van der Waals surface area contributed by atoms with Gasteiger partial charge in [-0.1, -0.05) is 278 Å². The Morgan fingerprint density at radius 2 is 0.410 bits per heavy atom. The third-order valence-corrected chi connectivity index (χ3v) is 20.0. The summed E-state index contributed by atoms with van der Waals surface area (Å²) < 4.78 is -9.65. The van der Waals surface area contributed by atoms with Crippen molar-refractivity contribution >= 4 is 290 Å². The Morgan fingerprint density at radius 1 is 0.333 bits per heavy atom. The molecule has 0 amide bonds. The molecule has 0 saturated heterocycles. The summed E-state index contributed by atoms with van der Waals surface area (Å²) in [6, 6.07) is 0. The molecular weight excluding hydrogens is 1060 g/mol. The summed E-state index contributed by atoms with van der Waals surface area (Å²) in [6.45, 7) is 0. The molecule has 0 aromatic rings. The Morgan fingerprint density at radius 3 is 0.487 bits per heavy atom. The summed E-state index contributed by atoms with van der Waals surface area (Å²) in [4.78, 5) is 0. The van der Waals surface area contributed by atoms with Gasteiger partial charge in [0.25, 0.3) is 0 Å². The molecule has 0 aliphatic heterocycles. The van der Waals surface area contributed by atoms with Crippen LogP contribution < -0.4 is 0 Å². The minimum absolute atomic E-state index is 2.72. The fraction of sp³-hybridized carbons (Fsp3) is 1.00. The van der Waals surface area contributed by atoms with Crippen molar-refractivity contribution < 1.29 is 13.3 Å². The van der Waals surface area contributed by atoms with E-state index in [1.54, 1.807) is 0 Å². The van der Waals surface area contributed by atoms with E-state index in [0.717, 1.165) is 0 Å². The van der Waals surface area contributed by atoms with Crippen molar-refractivity contribution in [3.05, 3.63) is 0 Å². The zero-order chi connectivity index (χ0) is 33.1. The van der Waals surface area contributed by atoms with Crippen LogP contribution in [0.1, 0.15) is 0 Å². The highest BCUT2D eigenvalue weighted by molar-refractivity contribution is 7.73. The van der Waals surface area contributed by atoms with Gasteiger partial charge in [-0.25, -0.2) is 4.21 Å². The highest BCUT2D eigenvalue weighted by atomic mass is 35.6. The van der Waals surface area contributed by atoms with Crippen molar-refractivity contribution in [2.24, 2.45) is 0 Å². The molecule has 0 aromatic carbocycles. The van der Waals surface area contributed by atoms with Crippen LogP contribution in [0.5, 0.6) is 0 Å². The summed E-state index contributed by atoms with van der Waals surface area (Å²) in [5.74, 6) is 0. The largest absolute Gasteiger partial charge is 0.750 e. The van der Waals surface area contributed by atoms with E-state index < -0.39 is 57.9 Å². The Balaban J connectivity index is 0. The molecule has 0 heterocycles. The monoisotopic (exact) mass is 1050 g/mol. The molecule has 0 saturated carbocycles. The fourth-order valence-electron chi connectivity index (χ4n) is 1.74. The molecule has 0 bridgehead atoms. The van der Waals surface area contributed by atoms with Gasteiger partial charge in [0.2, 0.25) is 16.3 Å². The summed E-state index contributed by atoms with van der Waals surface area (Å²) in [5.41, 5.74) is 0. The van der Waals surface area contributed by atoms with E-state index in [1.165, 1.54) is 0 Å². The second-order valence-electron chi connectivity index (χ2n) is 6.38. The highest BCUT2D eigenvalue weighted by Gasteiger charge is 2.84. The first-order valence-electron chi connectivity index (χ1n) is 7.55. The minimum Gasteiger partial charge on any atom is -0.750 e. The van der Waals surface area contributed by atoms with Crippen LogP contribution in [0.25, 0.3) is 0 Å². The van der Waals surface area contributed by atoms with E-state index in [-0.39, 0.29) is 0 Å². The van der Waals surface area contributed by atoms with Crippen molar-refractivity contribution in [2.75, 3.05) is 0 Å². The van der Waals surface area contributed by atoms with Crippen LogP contribution in [0.3, 0.4) is 0 Å². The number of hydrogen-bond donors (Lipinski definition) is 1. The van der Waals surface area contributed by atoms with Crippen LogP contribution >= 0.6 is 278 Å². The molecule has 3 nitrogen and oxygen atoms in total. The van der Waals surface area contributed by atoms with E-state index in [0.29, 0.717) is 0 Å². The molecule has 1 N–H and O–H groups in total. The van der Waals surface area contributed by atoms with E-state index in [1.807, 2.05) is 0 Å². The van der Waals surface area contributed by atoms with Crippen molar-refractivity contribution in [2.45, 2.75) is 46.6 Å². The van der Waals surface area contributed by atoms with E-state index in [4.69, 9.17) is 292 Å². The molecule has 0 rings (SSSR count). The molecule has 0 radical (unpaired) electrons. The lowest BCUT2D eigenvalue weighted by Crippen LogP contribution is -2.73. The summed E-state index contributed by atoms with van der Waals surface area (Å²) >= 11 is 143. The van der Waals surface area contributed by atoms with Crippen LogP contribution in [0.4, 0.5) is 0 Å². The quantitative estimate of drug-likeness (QED) is 0.195. The number of hydrogen-bond acceptors (Lipinski definition) is 2. The third-order valence-electron chi connectivity index (χ3n) is 3.87. The van der Waals surface area contributed by atoms with E-state index in [2.05, 4.69) is 0 Å². The van der Waals surface area contributed by atoms with Crippen LogP contribution in [0.2, 0.25) is 0 Å². The molecule has 1 atom stereocenters. The topological polar surface area (TPSA) is 60.4 Å². The lowest BCUT2D eigenvalue weighted by molar-refractivity contribution is 0.427. The molecule has 0 aliphatic rings. The van der Waals surface area contributed by atoms with Crippen LogP contribution in [-0.4, -0.2) is 59.9 Å². The first-order valence-corrected chi connectivity index (χ1v) is 17.7. The molecule has 0 spiro atoms. The predicted molar refractivity (Wildman–Crippen MR) is 182 cm³/mol. The van der Waals surface area contributed by atoms with E-state index in [9.17, 15) is 0 Å². The number of rotatable bonds is 8. The van der Waals surface area contributed by atoms with Crippen molar-refractivity contribution in [1.82, 2.24) is 0 Å². The van der Waals surface area contributed by atoms with Gasteiger partial charge in [-0.15, -0.1) is 0 Å². The maximum absolute atomic E-state index is 8.56. The molecule has 0 fully saturated rings. The number of halogens is 24. The molecule has 39 heavy (non-hydrogen) atoms. The Kier molecular flexibility index (Phi) is 18.6. The highest BCUT2D eigenvalue weighted by Crippen LogP contribution is 2.75. The summed E-state index contributed by atoms with van der Waals surface area (Å²) in [6.07, 6.45) is 0. The average Bonchev–Trinajstić information content (AvgIpc) is 2.64. The minimum atomic E-state index is -3.29. The molecule has 238 valence electrons. The van der Waals surface area contributed by atoms with Gasteiger partial charge in [0.1, 0.15) is 0 Å². The normalized spacial score (nSPS) is 17.0. The second-order valence-corrected chi connectivity index (χ2v) is 23.3. The zero-order valence-electron chi connectivity index (χ0n) is 16.2. The first-order chi connectivity index (χ1) is 16.2. The third kappa shape index (κ3) is 8.86. The first kappa shape index (κ1) is 48.1. The Hall–Kier alpha value is 7.03. The molecule has 28 heteroatoms. The van der Waals surface area contributed by atoms with Crippen molar-refractivity contribution in [3.63, 3.8) is 0 Å². The smallest absolute Gasteiger partial charge is 0.226 e. The van der Waals surface area contributed by atoms with Gasteiger partial charge >= 0.3 is 0 Å². The zero-order valence-corrected chi connectivity index (χ0v) is 35.2. The fourth-order valence-corrected chi connectivity index (χ4v) is 9.06. The summed E-state index contributed by atoms with van der Waals surface area (Å²) in [7, 11) is 0. The van der Waals surface area contributed by atoms with Gasteiger partial charge in [-0.3, -0.25) is 0 Å². The van der Waals surface area contributed by atoms with Crippen molar-refractivity contribution in [1.29, 1.82) is 0 Å². The Labute approximate surface area is 344 Å². The SMILES string of the molecule is ClC(Cl)(Cl)C(Cl)(Cl)C(Cl)(Cl)C(Cl)(Cl)C(Cl)(Cl)C(Cl)(Cl)C(Cl)(Cl)C(Cl)(Cl)C(Cl)(Cl)C(Cl)(Cl)C(Cl)(Cl)Cl.O=S([O-])O. The van der Waals surface area contributed by atoms with Gasteiger partial charge in [-0.05, 0) is 0 Å². The standard InChI is InChI=1S/C11Cl24.H2O3S/c12-1(13,2(14,15)4(18,19)6(22,23)8(26,27)10(30,31)32)3(16,17)5(20,21)7(24,25)9(28,29)11(33,34)35;1-4(2)3/h;(H2,1,2,3)/p-1. The number of alkyl halides is 24. The maximum atomic E-state index is 8.56. The lowest BCUT2D eigenvalue weighted by Gasteiger charge is -2.56. The second kappa shape index (κ2) is 15.1. The maximum Gasteiger partial charge on any atom is 0.226 e. The van der Waals surface area contributed by atoms with Crippen molar-refractivity contribution in [3.8, 4) is 0 Å². The molecule has 0 aliphatic carbocycles. The predicted octanol–water partition coefficient (Wildman–Crippen LogP) is 13.6. The molecule has 1 unspecified atom stereocenters. The van der Waals surface area contributed by atoms with Gasteiger partial charge in [0.15, 0.2) is 30.3 Å². The molecular formula is C11HCl24O3S-. The lowest BCUT2D eigenvalue weighted by atomic mass is 10.0. The van der Waals surface area contributed by atoms with Crippen LogP contribution in [0.15, 0.2) is 0 Å². The van der Waals surface area contributed by atoms with E-state index >= 15 is 0 Å². The van der Waals surface area contributed by atoms with Crippen LogP contribution in [0, 0.1) is 0 Å². The van der Waals surface area contributed by atoms with Gasteiger partial charge in [0.05, 0.1) is 11.4 Å². The van der Waals surface area contributed by atoms with Gasteiger partial charge < -0.3 is 9.11 Å².